The summed E-state index contributed by atoms with van der Waals surface area (Å²) in [4.78, 5) is 8.35. The lowest BCUT2D eigenvalue weighted by Gasteiger charge is -2.13. The van der Waals surface area contributed by atoms with E-state index in [1.807, 2.05) is 47.0 Å². The summed E-state index contributed by atoms with van der Waals surface area (Å²) in [6.07, 6.45) is 3.33. The smallest absolute Gasteiger partial charge is 0.142 e. The van der Waals surface area contributed by atoms with Crippen molar-refractivity contribution >= 4 is 16.7 Å². The number of aromatic nitrogens is 3. The van der Waals surface area contributed by atoms with Crippen molar-refractivity contribution in [1.29, 1.82) is 5.26 Å². The predicted molar refractivity (Wildman–Crippen MR) is 99.4 cm³/mol. The Morgan fingerprint density at radius 2 is 1.92 bits per heavy atom. The van der Waals surface area contributed by atoms with Gasteiger partial charge in [0.2, 0.25) is 0 Å². The number of aliphatic hydroxyl groups is 1. The van der Waals surface area contributed by atoms with Crippen molar-refractivity contribution in [3.8, 4) is 23.0 Å². The number of benzene rings is 1. The highest BCUT2D eigenvalue weighted by Gasteiger charge is 2.15. The van der Waals surface area contributed by atoms with E-state index in [1.54, 1.807) is 18.5 Å². The van der Waals surface area contributed by atoms with Crippen LogP contribution in [0, 0.1) is 11.3 Å². The van der Waals surface area contributed by atoms with Crippen LogP contribution < -0.4 is 5.73 Å². The minimum absolute atomic E-state index is 0.0163. The maximum Gasteiger partial charge on any atom is 0.142 e. The van der Waals surface area contributed by atoms with Crippen LogP contribution in [0.5, 0.6) is 0 Å². The molecule has 126 valence electrons. The van der Waals surface area contributed by atoms with Gasteiger partial charge >= 0.3 is 0 Å². The zero-order chi connectivity index (χ0) is 18.1. The first-order valence-electron chi connectivity index (χ1n) is 8.04. The van der Waals surface area contributed by atoms with E-state index < -0.39 is 0 Å². The van der Waals surface area contributed by atoms with Crippen LogP contribution in [-0.2, 0) is 6.61 Å². The summed E-state index contributed by atoms with van der Waals surface area (Å²) in [5.41, 5.74) is 10.7. The van der Waals surface area contributed by atoms with Gasteiger partial charge in [-0.05, 0) is 42.0 Å². The van der Waals surface area contributed by atoms with Crippen LogP contribution in [-0.4, -0.2) is 19.6 Å². The van der Waals surface area contributed by atoms with E-state index in [0.29, 0.717) is 11.5 Å². The Kier molecular flexibility index (Phi) is 3.84. The van der Waals surface area contributed by atoms with E-state index in [1.165, 1.54) is 0 Å². The second-order valence-electron chi connectivity index (χ2n) is 5.87. The molecule has 4 aromatic rings. The lowest BCUT2D eigenvalue weighted by atomic mass is 10.1. The largest absolute Gasteiger partial charge is 0.392 e. The Bertz CT molecular complexity index is 1140. The highest BCUT2D eigenvalue weighted by Crippen LogP contribution is 2.33. The van der Waals surface area contributed by atoms with Gasteiger partial charge in [0.1, 0.15) is 17.6 Å². The van der Waals surface area contributed by atoms with Crippen molar-refractivity contribution < 1.29 is 5.11 Å². The summed E-state index contributed by atoms with van der Waals surface area (Å²) < 4.78 is 2.02. The van der Waals surface area contributed by atoms with E-state index in [9.17, 15) is 10.4 Å². The number of nitrogens with zero attached hydrogens (tertiary/aromatic N) is 4. The summed E-state index contributed by atoms with van der Waals surface area (Å²) in [5, 5.41) is 19.4. The first-order chi connectivity index (χ1) is 12.7. The molecule has 0 atom stereocenters. The molecule has 0 aliphatic heterocycles. The van der Waals surface area contributed by atoms with Crippen LogP contribution in [0.1, 0.15) is 11.3 Å². The van der Waals surface area contributed by atoms with Gasteiger partial charge in [0.25, 0.3) is 0 Å². The Balaban J connectivity index is 2.05. The number of rotatable bonds is 3. The molecule has 3 heterocycles. The molecule has 0 saturated heterocycles. The first kappa shape index (κ1) is 15.8. The van der Waals surface area contributed by atoms with Gasteiger partial charge in [-0.2, -0.15) is 5.26 Å². The van der Waals surface area contributed by atoms with E-state index in [2.05, 4.69) is 16.0 Å². The molecule has 0 saturated carbocycles. The predicted octanol–water partition coefficient (Wildman–Crippen LogP) is 3.03. The number of pyridine rings is 2. The van der Waals surface area contributed by atoms with Crippen LogP contribution >= 0.6 is 0 Å². The average molecular weight is 341 g/mol. The standard InChI is InChI=1S/C20H15N5O/c21-10-15-9-18-14(11-24-15)8-19(17-2-1-7-23-20(17)22)25(18)16-5-3-13(12-26)4-6-16/h1-9,11,26H,12H2,(H2,22,23). The molecule has 0 unspecified atom stereocenters. The number of aliphatic hydroxyl groups excluding tert-OH is 1. The summed E-state index contributed by atoms with van der Waals surface area (Å²) in [6.45, 7) is -0.0163. The van der Waals surface area contributed by atoms with Gasteiger partial charge in [-0.25, -0.2) is 9.97 Å². The number of fused-ring (bicyclic) bond motifs is 1. The fraction of sp³-hybridized carbons (Fsp3) is 0.0500. The number of hydrogen-bond acceptors (Lipinski definition) is 5. The first-order valence-corrected chi connectivity index (χ1v) is 8.04. The minimum atomic E-state index is -0.0163. The van der Waals surface area contributed by atoms with Gasteiger partial charge in [0.05, 0.1) is 17.8 Å². The summed E-state index contributed by atoms with van der Waals surface area (Å²) in [6, 6.07) is 17.1. The van der Waals surface area contributed by atoms with Gasteiger partial charge in [0, 0.05) is 29.0 Å². The van der Waals surface area contributed by atoms with E-state index in [-0.39, 0.29) is 6.61 Å². The monoisotopic (exact) mass is 341 g/mol. The van der Waals surface area contributed by atoms with Crippen LogP contribution in [0.15, 0.2) is 60.9 Å². The van der Waals surface area contributed by atoms with Crippen molar-refractivity contribution in [3.05, 3.63) is 72.2 Å². The Morgan fingerprint density at radius 3 is 2.62 bits per heavy atom. The second-order valence-corrected chi connectivity index (χ2v) is 5.87. The SMILES string of the molecule is N#Cc1cc2c(cn1)cc(-c1cccnc1N)n2-c1ccc(CO)cc1. The highest BCUT2D eigenvalue weighted by molar-refractivity contribution is 5.91. The fourth-order valence-electron chi connectivity index (χ4n) is 3.02. The molecule has 0 radical (unpaired) electrons. The number of nitrogen functional groups attached to an aromatic ring is 1. The molecule has 1 aromatic carbocycles. The normalized spacial score (nSPS) is 10.8. The van der Waals surface area contributed by atoms with Crippen molar-refractivity contribution in [2.75, 3.05) is 5.73 Å². The zero-order valence-corrected chi connectivity index (χ0v) is 13.8. The number of anilines is 1. The van der Waals surface area contributed by atoms with Crippen LogP contribution in [0.25, 0.3) is 27.8 Å². The van der Waals surface area contributed by atoms with Gasteiger partial charge in [-0.3, -0.25) is 0 Å². The quantitative estimate of drug-likeness (QED) is 0.596. The fourth-order valence-corrected chi connectivity index (χ4v) is 3.02. The zero-order valence-electron chi connectivity index (χ0n) is 13.8. The van der Waals surface area contributed by atoms with E-state index in [0.717, 1.165) is 33.4 Å². The van der Waals surface area contributed by atoms with Crippen molar-refractivity contribution in [3.63, 3.8) is 0 Å². The summed E-state index contributed by atoms with van der Waals surface area (Å²) >= 11 is 0. The molecule has 6 nitrogen and oxygen atoms in total. The molecule has 0 amide bonds. The second kappa shape index (κ2) is 6.31. The molecule has 4 rings (SSSR count). The topological polar surface area (TPSA) is 101 Å². The molecule has 0 bridgehead atoms. The Hall–Kier alpha value is -3.69. The summed E-state index contributed by atoms with van der Waals surface area (Å²) in [5.74, 6) is 0.428. The number of nitriles is 1. The number of nitrogens with two attached hydrogens (primary N) is 1. The van der Waals surface area contributed by atoms with Crippen LogP contribution in [0.2, 0.25) is 0 Å². The molecule has 3 aromatic heterocycles. The molecule has 26 heavy (non-hydrogen) atoms. The van der Waals surface area contributed by atoms with E-state index in [4.69, 9.17) is 5.73 Å². The van der Waals surface area contributed by atoms with E-state index >= 15 is 0 Å². The number of hydrogen-bond donors (Lipinski definition) is 2. The van der Waals surface area contributed by atoms with Gasteiger partial charge in [-0.1, -0.05) is 12.1 Å². The molecule has 0 aliphatic rings. The van der Waals surface area contributed by atoms with Crippen molar-refractivity contribution in [2.45, 2.75) is 6.61 Å². The molecule has 0 spiro atoms. The minimum Gasteiger partial charge on any atom is -0.392 e. The summed E-state index contributed by atoms with van der Waals surface area (Å²) in [7, 11) is 0. The molecule has 6 heteroatoms. The lowest BCUT2D eigenvalue weighted by Crippen LogP contribution is -2.00. The highest BCUT2D eigenvalue weighted by atomic mass is 16.3. The van der Waals surface area contributed by atoms with Crippen LogP contribution in [0.4, 0.5) is 5.82 Å². The molecule has 0 aliphatic carbocycles. The lowest BCUT2D eigenvalue weighted by molar-refractivity contribution is 0.282. The molecule has 3 N–H and O–H groups in total. The maximum absolute atomic E-state index is 9.29. The third-order valence-electron chi connectivity index (χ3n) is 4.29. The van der Waals surface area contributed by atoms with Crippen molar-refractivity contribution in [2.24, 2.45) is 0 Å². The Labute approximate surface area is 149 Å². The average Bonchev–Trinajstić information content (AvgIpc) is 3.06. The van der Waals surface area contributed by atoms with Gasteiger partial charge < -0.3 is 15.4 Å². The molecular weight excluding hydrogens is 326 g/mol. The van der Waals surface area contributed by atoms with Gasteiger partial charge in [0.15, 0.2) is 0 Å². The molecular formula is C20H15N5O. The van der Waals surface area contributed by atoms with Crippen molar-refractivity contribution in [1.82, 2.24) is 14.5 Å². The third kappa shape index (κ3) is 2.57. The Morgan fingerprint density at radius 1 is 1.12 bits per heavy atom. The third-order valence-corrected chi connectivity index (χ3v) is 4.29. The van der Waals surface area contributed by atoms with Crippen LogP contribution in [0.3, 0.4) is 0 Å². The maximum atomic E-state index is 9.29. The van der Waals surface area contributed by atoms with Gasteiger partial charge in [-0.15, -0.1) is 0 Å². The molecule has 0 fully saturated rings.